The van der Waals surface area contributed by atoms with Gasteiger partial charge >= 0.3 is 0 Å². The summed E-state index contributed by atoms with van der Waals surface area (Å²) in [7, 11) is 0. The van der Waals surface area contributed by atoms with Gasteiger partial charge in [0.2, 0.25) is 0 Å². The van der Waals surface area contributed by atoms with Crippen molar-refractivity contribution in [2.45, 2.75) is 53.0 Å². The zero-order chi connectivity index (χ0) is 14.3. The molecule has 3 nitrogen and oxygen atoms in total. The molecular weight excluding hydrogens is 234 g/mol. The van der Waals surface area contributed by atoms with Gasteiger partial charge in [-0.15, -0.1) is 0 Å². The Morgan fingerprint density at radius 1 is 1.21 bits per heavy atom. The molecule has 0 spiro atoms. The fourth-order valence-electron chi connectivity index (χ4n) is 2.79. The van der Waals surface area contributed by atoms with Crippen molar-refractivity contribution in [3.63, 3.8) is 0 Å². The molecule has 1 aliphatic heterocycles. The van der Waals surface area contributed by atoms with Gasteiger partial charge in [0.15, 0.2) is 0 Å². The summed E-state index contributed by atoms with van der Waals surface area (Å²) in [5.41, 5.74) is 0.253. The van der Waals surface area contributed by atoms with Crippen LogP contribution >= 0.6 is 0 Å². The third-order valence-corrected chi connectivity index (χ3v) is 4.15. The Morgan fingerprint density at radius 2 is 1.89 bits per heavy atom. The van der Waals surface area contributed by atoms with Crippen LogP contribution in [0.25, 0.3) is 0 Å². The first-order chi connectivity index (χ1) is 8.94. The third-order valence-electron chi connectivity index (χ3n) is 4.15. The van der Waals surface area contributed by atoms with Gasteiger partial charge in [0.1, 0.15) is 0 Å². The van der Waals surface area contributed by atoms with Crippen LogP contribution in [0.3, 0.4) is 0 Å². The van der Waals surface area contributed by atoms with Crippen molar-refractivity contribution in [2.75, 3.05) is 45.8 Å². The largest absolute Gasteiger partial charge is 0.312 e. The number of piperidine rings is 1. The number of likely N-dealkylation sites (N-methyl/N-ethyl adjacent to an activating group) is 1. The highest BCUT2D eigenvalue weighted by molar-refractivity contribution is 4.79. The van der Waals surface area contributed by atoms with Gasteiger partial charge in [-0.3, -0.25) is 0 Å². The minimum atomic E-state index is 0.253. The van der Waals surface area contributed by atoms with E-state index < -0.39 is 0 Å². The summed E-state index contributed by atoms with van der Waals surface area (Å²) < 4.78 is 0. The summed E-state index contributed by atoms with van der Waals surface area (Å²) in [5, 5.41) is 3.66. The van der Waals surface area contributed by atoms with Gasteiger partial charge < -0.3 is 15.1 Å². The number of rotatable bonds is 7. The maximum Gasteiger partial charge on any atom is 0.0109 e. The molecule has 1 N–H and O–H groups in total. The summed E-state index contributed by atoms with van der Waals surface area (Å²) in [6.07, 6.45) is 2.76. The van der Waals surface area contributed by atoms with Gasteiger partial charge in [-0.2, -0.15) is 0 Å². The minimum absolute atomic E-state index is 0.253. The van der Waals surface area contributed by atoms with E-state index in [1.165, 1.54) is 58.7 Å². The van der Waals surface area contributed by atoms with Crippen molar-refractivity contribution < 1.29 is 0 Å². The average molecular weight is 269 g/mol. The van der Waals surface area contributed by atoms with E-state index in [2.05, 4.69) is 49.7 Å². The topological polar surface area (TPSA) is 18.5 Å². The monoisotopic (exact) mass is 269 g/mol. The molecule has 1 aliphatic rings. The van der Waals surface area contributed by atoms with Crippen LogP contribution in [0, 0.1) is 5.92 Å². The molecule has 1 saturated heterocycles. The molecular formula is C16H35N3. The highest BCUT2D eigenvalue weighted by Gasteiger charge is 2.21. The smallest absolute Gasteiger partial charge is 0.0109 e. The lowest BCUT2D eigenvalue weighted by Crippen LogP contribution is -2.46. The molecule has 114 valence electrons. The van der Waals surface area contributed by atoms with Gasteiger partial charge in [-0.05, 0) is 65.7 Å². The highest BCUT2D eigenvalue weighted by atomic mass is 15.2. The van der Waals surface area contributed by atoms with Crippen LogP contribution in [-0.2, 0) is 0 Å². The van der Waals surface area contributed by atoms with Gasteiger partial charge in [0.25, 0.3) is 0 Å². The van der Waals surface area contributed by atoms with Gasteiger partial charge in [0.05, 0.1) is 0 Å². The Morgan fingerprint density at radius 3 is 2.47 bits per heavy atom. The molecule has 0 aromatic heterocycles. The standard InChI is InChI=1S/C16H35N3/c1-6-18(7-2)11-12-19-10-8-9-15(14-19)13-17-16(3,4)5/h15,17H,6-14H2,1-5H3. The van der Waals surface area contributed by atoms with E-state index in [9.17, 15) is 0 Å². The number of likely N-dealkylation sites (tertiary alicyclic amines) is 1. The van der Waals surface area contributed by atoms with E-state index in [0.717, 1.165) is 5.92 Å². The average Bonchev–Trinajstić information content (AvgIpc) is 2.37. The van der Waals surface area contributed by atoms with Crippen LogP contribution in [0.2, 0.25) is 0 Å². The second-order valence-electron chi connectivity index (χ2n) is 6.97. The van der Waals surface area contributed by atoms with E-state index in [1.54, 1.807) is 0 Å². The summed E-state index contributed by atoms with van der Waals surface area (Å²) in [6.45, 7) is 19.9. The van der Waals surface area contributed by atoms with E-state index in [-0.39, 0.29) is 5.54 Å². The molecule has 0 radical (unpaired) electrons. The van der Waals surface area contributed by atoms with Crippen LogP contribution in [0.4, 0.5) is 0 Å². The fourth-order valence-corrected chi connectivity index (χ4v) is 2.79. The Kier molecular flexibility index (Phi) is 7.33. The quantitative estimate of drug-likeness (QED) is 0.766. The first-order valence-electron chi connectivity index (χ1n) is 8.14. The molecule has 0 bridgehead atoms. The molecule has 1 rings (SSSR count). The minimum Gasteiger partial charge on any atom is -0.312 e. The molecule has 0 amide bonds. The lowest BCUT2D eigenvalue weighted by molar-refractivity contribution is 0.146. The van der Waals surface area contributed by atoms with Crippen LogP contribution in [0.5, 0.6) is 0 Å². The van der Waals surface area contributed by atoms with Crippen molar-refractivity contribution in [2.24, 2.45) is 5.92 Å². The Bertz CT molecular complexity index is 231. The number of nitrogens with one attached hydrogen (secondary N) is 1. The predicted molar refractivity (Wildman–Crippen MR) is 84.7 cm³/mol. The van der Waals surface area contributed by atoms with Gasteiger partial charge in [0, 0.05) is 25.2 Å². The molecule has 0 saturated carbocycles. The van der Waals surface area contributed by atoms with Crippen molar-refractivity contribution in [3.8, 4) is 0 Å². The summed E-state index contributed by atoms with van der Waals surface area (Å²) in [4.78, 5) is 5.19. The van der Waals surface area contributed by atoms with Crippen LogP contribution < -0.4 is 5.32 Å². The molecule has 1 atom stereocenters. The van der Waals surface area contributed by atoms with Crippen molar-refractivity contribution in [1.29, 1.82) is 0 Å². The summed E-state index contributed by atoms with van der Waals surface area (Å²) in [5.74, 6) is 0.838. The first kappa shape index (κ1) is 16.9. The highest BCUT2D eigenvalue weighted by Crippen LogP contribution is 2.16. The van der Waals surface area contributed by atoms with Gasteiger partial charge in [-0.25, -0.2) is 0 Å². The fraction of sp³-hybridized carbons (Fsp3) is 1.00. The number of hydrogen-bond donors (Lipinski definition) is 1. The zero-order valence-electron chi connectivity index (χ0n) is 13.8. The predicted octanol–water partition coefficient (Wildman–Crippen LogP) is 2.43. The lowest BCUT2D eigenvalue weighted by atomic mass is 9.96. The maximum atomic E-state index is 3.66. The molecule has 0 aromatic rings. The van der Waals surface area contributed by atoms with Crippen molar-refractivity contribution >= 4 is 0 Å². The van der Waals surface area contributed by atoms with E-state index in [1.807, 2.05) is 0 Å². The number of nitrogens with zero attached hydrogens (tertiary/aromatic N) is 2. The molecule has 0 aliphatic carbocycles. The molecule has 1 heterocycles. The second-order valence-corrected chi connectivity index (χ2v) is 6.97. The molecule has 0 aromatic carbocycles. The van der Waals surface area contributed by atoms with Gasteiger partial charge in [-0.1, -0.05) is 13.8 Å². The van der Waals surface area contributed by atoms with Crippen molar-refractivity contribution in [3.05, 3.63) is 0 Å². The lowest BCUT2D eigenvalue weighted by Gasteiger charge is -2.35. The molecule has 1 unspecified atom stereocenters. The molecule has 1 fully saturated rings. The maximum absolute atomic E-state index is 3.66. The second kappa shape index (κ2) is 8.23. The van der Waals surface area contributed by atoms with Crippen LogP contribution in [0.1, 0.15) is 47.5 Å². The first-order valence-corrected chi connectivity index (χ1v) is 8.14. The van der Waals surface area contributed by atoms with E-state index in [0.29, 0.717) is 0 Å². The third kappa shape index (κ3) is 7.28. The zero-order valence-corrected chi connectivity index (χ0v) is 13.8. The van der Waals surface area contributed by atoms with E-state index in [4.69, 9.17) is 0 Å². The molecule has 3 heteroatoms. The SMILES string of the molecule is CCN(CC)CCN1CCCC(CNC(C)(C)C)C1. The van der Waals surface area contributed by atoms with Crippen LogP contribution in [0.15, 0.2) is 0 Å². The Labute approximate surface area is 120 Å². The molecule has 19 heavy (non-hydrogen) atoms. The normalized spacial score (nSPS) is 22.1. The van der Waals surface area contributed by atoms with Crippen LogP contribution in [-0.4, -0.2) is 61.2 Å². The Balaban J connectivity index is 2.26. The summed E-state index contributed by atoms with van der Waals surface area (Å²) in [6, 6.07) is 0. The summed E-state index contributed by atoms with van der Waals surface area (Å²) >= 11 is 0. The Hall–Kier alpha value is -0.120. The number of hydrogen-bond acceptors (Lipinski definition) is 3. The van der Waals surface area contributed by atoms with Crippen molar-refractivity contribution in [1.82, 2.24) is 15.1 Å². The van der Waals surface area contributed by atoms with E-state index >= 15 is 0 Å².